The first-order chi connectivity index (χ1) is 17.3. The number of nitrogens with zero attached hydrogens (tertiary/aromatic N) is 2. The fourth-order valence-corrected chi connectivity index (χ4v) is 5.15. The van der Waals surface area contributed by atoms with Crippen LogP contribution in [0.2, 0.25) is 5.02 Å². The fraction of sp³-hybridized carbons (Fsp3) is 0.280. The van der Waals surface area contributed by atoms with Gasteiger partial charge in [-0.2, -0.15) is 4.37 Å². The Bertz CT molecular complexity index is 1260. The third kappa shape index (κ3) is 5.29. The van der Waals surface area contributed by atoms with Crippen molar-refractivity contribution in [2.45, 2.75) is 37.8 Å². The lowest BCUT2D eigenvalue weighted by molar-refractivity contribution is -0.123. The van der Waals surface area contributed by atoms with Crippen LogP contribution in [0, 0.1) is 0 Å². The molecule has 4 rings (SSSR count). The predicted octanol–water partition coefficient (Wildman–Crippen LogP) is 3.93. The molecule has 9 nitrogen and oxygen atoms in total. The highest BCUT2D eigenvalue weighted by Crippen LogP contribution is 2.34. The Labute approximate surface area is 217 Å². The number of nitrogens with two attached hydrogens (primary N) is 2. The van der Waals surface area contributed by atoms with E-state index in [-0.39, 0.29) is 28.2 Å². The summed E-state index contributed by atoms with van der Waals surface area (Å²) in [5, 5.41) is 3.60. The molecule has 188 valence electrons. The summed E-state index contributed by atoms with van der Waals surface area (Å²) in [5.41, 5.74) is 12.1. The third-order valence-electron chi connectivity index (χ3n) is 6.12. The van der Waals surface area contributed by atoms with Crippen LogP contribution in [0.15, 0.2) is 48.5 Å². The van der Waals surface area contributed by atoms with Crippen LogP contribution in [0.1, 0.15) is 57.4 Å². The number of nitrogens with one attached hydrogen (secondary N) is 1. The minimum Gasteiger partial charge on any atom is -0.497 e. The van der Waals surface area contributed by atoms with E-state index in [0.717, 1.165) is 37.2 Å². The Hall–Kier alpha value is -3.63. The van der Waals surface area contributed by atoms with Gasteiger partial charge in [0.15, 0.2) is 5.69 Å². The van der Waals surface area contributed by atoms with Gasteiger partial charge in [0.2, 0.25) is 5.91 Å². The summed E-state index contributed by atoms with van der Waals surface area (Å²) in [4.78, 5) is 40.9. The van der Waals surface area contributed by atoms with Crippen molar-refractivity contribution < 1.29 is 19.1 Å². The number of rotatable bonds is 8. The molecule has 1 unspecified atom stereocenters. The number of primary amides is 1. The molecule has 0 bridgehead atoms. The number of anilines is 2. The van der Waals surface area contributed by atoms with Crippen LogP contribution in [0.4, 0.5) is 11.4 Å². The number of methoxy groups -OCH3 is 1. The van der Waals surface area contributed by atoms with Gasteiger partial charge in [-0.3, -0.25) is 19.3 Å². The molecule has 1 saturated carbocycles. The zero-order valence-corrected chi connectivity index (χ0v) is 21.1. The van der Waals surface area contributed by atoms with E-state index in [1.165, 1.54) is 12.0 Å². The number of carbonyl (C=O) groups is 3. The molecule has 1 atom stereocenters. The van der Waals surface area contributed by atoms with Crippen LogP contribution < -0.4 is 26.4 Å². The standard InChI is InChI=1S/C25H26ClN5O4S/c1-35-18-12-10-17(11-13-18)31(25(34)22-19(27)20(23(28)32)30-36-22)21(14-6-8-15(26)9-7-14)24(33)29-16-4-2-3-5-16/h6-13,16,21H,2-5,27H2,1H3,(H2,28,32)(H,29,33). The maximum atomic E-state index is 14.0. The zero-order chi connectivity index (χ0) is 25.8. The van der Waals surface area contributed by atoms with Crippen LogP contribution in [-0.4, -0.2) is 35.2 Å². The molecule has 3 aromatic rings. The molecule has 1 heterocycles. The molecule has 3 amide bonds. The maximum absolute atomic E-state index is 14.0. The number of nitrogen functional groups attached to an aromatic ring is 1. The molecule has 1 aromatic heterocycles. The van der Waals surface area contributed by atoms with Crippen LogP contribution in [-0.2, 0) is 4.79 Å². The second kappa shape index (κ2) is 11.0. The normalized spacial score (nSPS) is 14.3. The van der Waals surface area contributed by atoms with Gasteiger partial charge in [0.05, 0.1) is 12.8 Å². The van der Waals surface area contributed by atoms with E-state index in [9.17, 15) is 14.4 Å². The summed E-state index contributed by atoms with van der Waals surface area (Å²) in [5.74, 6) is -1.19. The van der Waals surface area contributed by atoms with E-state index in [1.807, 2.05) is 0 Å². The molecule has 36 heavy (non-hydrogen) atoms. The maximum Gasteiger partial charge on any atom is 0.273 e. The van der Waals surface area contributed by atoms with Crippen molar-refractivity contribution in [3.05, 3.63) is 69.7 Å². The van der Waals surface area contributed by atoms with Crippen LogP contribution in [0.5, 0.6) is 5.75 Å². The summed E-state index contributed by atoms with van der Waals surface area (Å²) in [6.45, 7) is 0. The van der Waals surface area contributed by atoms with Gasteiger partial charge < -0.3 is 21.5 Å². The SMILES string of the molecule is COc1ccc(N(C(=O)c2snc(C(N)=O)c2N)C(C(=O)NC2CCCC2)c2ccc(Cl)cc2)cc1. The van der Waals surface area contributed by atoms with Gasteiger partial charge in [0, 0.05) is 16.8 Å². The van der Waals surface area contributed by atoms with Crippen LogP contribution in [0.25, 0.3) is 0 Å². The molecule has 1 aliphatic carbocycles. The monoisotopic (exact) mass is 527 g/mol. The lowest BCUT2D eigenvalue weighted by Gasteiger charge is -2.32. The van der Waals surface area contributed by atoms with Crippen molar-refractivity contribution >= 4 is 52.2 Å². The summed E-state index contributed by atoms with van der Waals surface area (Å²) in [6, 6.07) is 12.4. The van der Waals surface area contributed by atoms with Gasteiger partial charge in [-0.1, -0.05) is 36.6 Å². The zero-order valence-electron chi connectivity index (χ0n) is 19.6. The second-order valence-electron chi connectivity index (χ2n) is 8.46. The number of ether oxygens (including phenoxy) is 1. The summed E-state index contributed by atoms with van der Waals surface area (Å²) < 4.78 is 9.23. The van der Waals surface area contributed by atoms with Crippen molar-refractivity contribution in [1.82, 2.24) is 9.69 Å². The van der Waals surface area contributed by atoms with Crippen molar-refractivity contribution in [1.29, 1.82) is 0 Å². The third-order valence-corrected chi connectivity index (χ3v) is 7.22. The number of carbonyl (C=O) groups excluding carboxylic acids is 3. The Morgan fingerprint density at radius 2 is 1.75 bits per heavy atom. The summed E-state index contributed by atoms with van der Waals surface area (Å²) in [7, 11) is 1.53. The first kappa shape index (κ1) is 25.5. The minimum absolute atomic E-state index is 0.00671. The van der Waals surface area contributed by atoms with Gasteiger partial charge >= 0.3 is 0 Å². The smallest absolute Gasteiger partial charge is 0.273 e. The highest BCUT2D eigenvalue weighted by atomic mass is 35.5. The Balaban J connectivity index is 1.84. The molecule has 0 aliphatic heterocycles. The number of halogens is 1. The van der Waals surface area contributed by atoms with Gasteiger partial charge in [0.25, 0.3) is 11.8 Å². The molecular weight excluding hydrogens is 502 g/mol. The lowest BCUT2D eigenvalue weighted by Crippen LogP contribution is -2.46. The molecule has 1 fully saturated rings. The number of hydrogen-bond donors (Lipinski definition) is 3. The average molecular weight is 528 g/mol. The summed E-state index contributed by atoms with van der Waals surface area (Å²) >= 11 is 6.87. The molecule has 0 spiro atoms. The van der Waals surface area contributed by atoms with Crippen molar-refractivity contribution in [2.75, 3.05) is 17.7 Å². The largest absolute Gasteiger partial charge is 0.497 e. The number of hydrogen-bond acceptors (Lipinski definition) is 7. The molecular formula is C25H26ClN5O4S. The molecule has 0 saturated heterocycles. The van der Waals surface area contributed by atoms with Crippen molar-refractivity contribution in [3.8, 4) is 5.75 Å². The van der Waals surface area contributed by atoms with E-state index in [4.69, 9.17) is 27.8 Å². The molecule has 11 heteroatoms. The fourth-order valence-electron chi connectivity index (χ4n) is 4.28. The van der Waals surface area contributed by atoms with Crippen molar-refractivity contribution in [3.63, 3.8) is 0 Å². The predicted molar refractivity (Wildman–Crippen MR) is 139 cm³/mol. The summed E-state index contributed by atoms with van der Waals surface area (Å²) in [6.07, 6.45) is 3.81. The Morgan fingerprint density at radius 1 is 1.11 bits per heavy atom. The number of benzene rings is 2. The molecule has 0 radical (unpaired) electrons. The molecule has 1 aliphatic rings. The average Bonchev–Trinajstić information content (AvgIpc) is 3.52. The first-order valence-corrected chi connectivity index (χ1v) is 12.5. The topological polar surface area (TPSA) is 141 Å². The van der Waals surface area contributed by atoms with Crippen LogP contribution in [0.3, 0.4) is 0 Å². The van der Waals surface area contributed by atoms with E-state index >= 15 is 0 Å². The first-order valence-electron chi connectivity index (χ1n) is 11.4. The lowest BCUT2D eigenvalue weighted by atomic mass is 10.0. The minimum atomic E-state index is -1.05. The van der Waals surface area contributed by atoms with Gasteiger partial charge in [-0.15, -0.1) is 0 Å². The van der Waals surface area contributed by atoms with Gasteiger partial charge in [-0.05, 0) is 66.3 Å². The van der Waals surface area contributed by atoms with Crippen molar-refractivity contribution in [2.24, 2.45) is 5.73 Å². The van der Waals surface area contributed by atoms with E-state index in [2.05, 4.69) is 9.69 Å². The highest BCUT2D eigenvalue weighted by Gasteiger charge is 2.37. The quantitative estimate of drug-likeness (QED) is 0.405. The van der Waals surface area contributed by atoms with E-state index < -0.39 is 17.9 Å². The van der Waals surface area contributed by atoms with E-state index in [1.54, 1.807) is 48.5 Å². The number of amides is 3. The molecule has 2 aromatic carbocycles. The number of aromatic nitrogens is 1. The van der Waals surface area contributed by atoms with Gasteiger partial charge in [0.1, 0.15) is 16.7 Å². The highest BCUT2D eigenvalue weighted by molar-refractivity contribution is 7.09. The Morgan fingerprint density at radius 3 is 2.31 bits per heavy atom. The second-order valence-corrected chi connectivity index (χ2v) is 9.67. The van der Waals surface area contributed by atoms with E-state index in [0.29, 0.717) is 22.0 Å². The van der Waals surface area contributed by atoms with Crippen LogP contribution >= 0.6 is 23.1 Å². The van der Waals surface area contributed by atoms with Gasteiger partial charge in [-0.25, -0.2) is 0 Å². The Kier molecular flexibility index (Phi) is 7.76. The molecule has 5 N–H and O–H groups in total.